The minimum Gasteiger partial charge on any atom is -0.485 e. The quantitative estimate of drug-likeness (QED) is 0.703. The summed E-state index contributed by atoms with van der Waals surface area (Å²) >= 11 is 0. The van der Waals surface area contributed by atoms with Crippen LogP contribution in [-0.2, 0) is 6.42 Å². The summed E-state index contributed by atoms with van der Waals surface area (Å²) in [6, 6.07) is 8.56. The molecule has 4 heterocycles. The number of para-hydroxylation sites is 1. The Morgan fingerprint density at radius 2 is 1.94 bits per heavy atom. The van der Waals surface area contributed by atoms with E-state index in [1.54, 1.807) is 0 Å². The minimum atomic E-state index is 0. The van der Waals surface area contributed by atoms with Crippen molar-refractivity contribution in [1.82, 2.24) is 4.90 Å². The van der Waals surface area contributed by atoms with Gasteiger partial charge in [0.15, 0.2) is 0 Å². The number of hydrogen-bond acceptors (Lipinski definition) is 2. The highest BCUT2D eigenvalue weighted by Gasteiger charge is 2.51. The van der Waals surface area contributed by atoms with Gasteiger partial charge in [0.25, 0.3) is 0 Å². The first-order valence-electron chi connectivity index (χ1n) is 6.35. The van der Waals surface area contributed by atoms with Crippen molar-refractivity contribution in [3.63, 3.8) is 0 Å². The number of hydrogen-bond donors (Lipinski definition) is 0. The van der Waals surface area contributed by atoms with Gasteiger partial charge in [-0.1, -0.05) is 18.2 Å². The zero-order valence-corrected chi connectivity index (χ0v) is 10.7. The molecule has 1 aromatic rings. The van der Waals surface area contributed by atoms with E-state index in [-0.39, 0.29) is 18.0 Å². The summed E-state index contributed by atoms with van der Waals surface area (Å²) in [7, 11) is 0. The molecule has 17 heavy (non-hydrogen) atoms. The zero-order chi connectivity index (χ0) is 10.6. The molecule has 3 saturated heterocycles. The maximum absolute atomic E-state index is 6.33. The van der Waals surface area contributed by atoms with Crippen molar-refractivity contribution in [2.75, 3.05) is 19.6 Å². The lowest BCUT2D eigenvalue weighted by Gasteiger charge is -2.50. The molecule has 1 aromatic carbocycles. The monoisotopic (exact) mass is 251 g/mol. The molecule has 2 bridgehead atoms. The Kier molecular flexibility index (Phi) is 2.60. The lowest BCUT2D eigenvalue weighted by atomic mass is 9.73. The van der Waals surface area contributed by atoms with Crippen molar-refractivity contribution in [2.45, 2.75) is 24.9 Å². The molecule has 5 rings (SSSR count). The van der Waals surface area contributed by atoms with Crippen molar-refractivity contribution >= 4 is 12.4 Å². The van der Waals surface area contributed by atoms with Gasteiger partial charge in [0.05, 0.1) is 0 Å². The third kappa shape index (κ3) is 1.58. The number of halogens is 1. The minimum absolute atomic E-state index is 0. The van der Waals surface area contributed by atoms with Crippen LogP contribution < -0.4 is 4.74 Å². The number of fused-ring (bicyclic) bond motifs is 3. The van der Waals surface area contributed by atoms with Gasteiger partial charge in [-0.15, -0.1) is 12.4 Å². The van der Waals surface area contributed by atoms with Gasteiger partial charge in [0, 0.05) is 18.9 Å². The summed E-state index contributed by atoms with van der Waals surface area (Å²) < 4.78 is 6.33. The van der Waals surface area contributed by atoms with Gasteiger partial charge in [-0.05, 0) is 37.6 Å². The highest BCUT2D eigenvalue weighted by Crippen LogP contribution is 2.46. The van der Waals surface area contributed by atoms with Gasteiger partial charge in [-0.25, -0.2) is 0 Å². The van der Waals surface area contributed by atoms with E-state index in [4.69, 9.17) is 4.74 Å². The summed E-state index contributed by atoms with van der Waals surface area (Å²) in [5, 5.41) is 0. The average Bonchev–Trinajstić information content (AvgIpc) is 2.68. The Morgan fingerprint density at radius 3 is 2.59 bits per heavy atom. The standard InChI is InChI=1S/C14H17NO.ClH/c1-2-4-13-11(3-1)9-14(16-13)10-15-7-5-12(14)6-8-15;/h1-4,12H,5-10H2;1H. The lowest BCUT2D eigenvalue weighted by molar-refractivity contribution is -0.0798. The van der Waals surface area contributed by atoms with Gasteiger partial charge in [-0.2, -0.15) is 0 Å². The van der Waals surface area contributed by atoms with Crippen molar-refractivity contribution < 1.29 is 4.74 Å². The number of piperidine rings is 3. The smallest absolute Gasteiger partial charge is 0.129 e. The van der Waals surface area contributed by atoms with Gasteiger partial charge >= 0.3 is 0 Å². The van der Waals surface area contributed by atoms with E-state index in [9.17, 15) is 0 Å². The molecule has 4 aliphatic rings. The van der Waals surface area contributed by atoms with Gasteiger partial charge < -0.3 is 4.74 Å². The third-order valence-corrected chi connectivity index (χ3v) is 4.60. The second-order valence-corrected chi connectivity index (χ2v) is 5.50. The van der Waals surface area contributed by atoms with Crippen LogP contribution in [0.5, 0.6) is 5.75 Å². The van der Waals surface area contributed by atoms with Crippen LogP contribution in [0.3, 0.4) is 0 Å². The van der Waals surface area contributed by atoms with Crippen molar-refractivity contribution in [3.8, 4) is 5.75 Å². The topological polar surface area (TPSA) is 12.5 Å². The van der Waals surface area contributed by atoms with Crippen molar-refractivity contribution in [2.24, 2.45) is 5.92 Å². The molecule has 0 radical (unpaired) electrons. The summed E-state index contributed by atoms with van der Waals surface area (Å²) in [6.07, 6.45) is 3.78. The molecule has 0 aromatic heterocycles. The summed E-state index contributed by atoms with van der Waals surface area (Å²) in [5.41, 5.74) is 1.54. The molecule has 1 unspecified atom stereocenters. The van der Waals surface area contributed by atoms with Crippen LogP contribution in [-0.4, -0.2) is 30.1 Å². The van der Waals surface area contributed by atoms with Crippen molar-refractivity contribution in [3.05, 3.63) is 29.8 Å². The van der Waals surface area contributed by atoms with Crippen LogP contribution in [0.15, 0.2) is 24.3 Å². The number of ether oxygens (including phenoxy) is 1. The molecule has 4 aliphatic heterocycles. The van der Waals surface area contributed by atoms with Crippen LogP contribution in [0.25, 0.3) is 0 Å². The molecule has 0 amide bonds. The molecule has 2 nitrogen and oxygen atoms in total. The normalized spacial score (nSPS) is 37.4. The fourth-order valence-corrected chi connectivity index (χ4v) is 3.77. The SMILES string of the molecule is Cl.c1ccc2c(c1)CC1(CN3CCC1CC3)O2. The molecular formula is C14H18ClNO. The Bertz CT molecular complexity index is 401. The molecule has 0 N–H and O–H groups in total. The molecule has 0 saturated carbocycles. The van der Waals surface area contributed by atoms with Gasteiger partial charge in [0.1, 0.15) is 11.4 Å². The van der Waals surface area contributed by atoms with Crippen LogP contribution in [0.4, 0.5) is 0 Å². The van der Waals surface area contributed by atoms with E-state index in [1.165, 1.54) is 31.5 Å². The van der Waals surface area contributed by atoms with Crippen LogP contribution in [0, 0.1) is 5.92 Å². The Morgan fingerprint density at radius 1 is 1.18 bits per heavy atom. The van der Waals surface area contributed by atoms with E-state index in [0.29, 0.717) is 0 Å². The van der Waals surface area contributed by atoms with E-state index in [1.807, 2.05) is 0 Å². The number of rotatable bonds is 0. The Balaban J connectivity index is 0.000000902. The molecule has 0 aliphatic carbocycles. The largest absolute Gasteiger partial charge is 0.485 e. The Labute approximate surface area is 108 Å². The summed E-state index contributed by atoms with van der Waals surface area (Å²) in [6.45, 7) is 3.71. The average molecular weight is 252 g/mol. The highest BCUT2D eigenvalue weighted by atomic mass is 35.5. The van der Waals surface area contributed by atoms with E-state index >= 15 is 0 Å². The first-order valence-corrected chi connectivity index (χ1v) is 6.35. The first-order chi connectivity index (χ1) is 7.86. The molecule has 92 valence electrons. The van der Waals surface area contributed by atoms with Crippen LogP contribution in [0.1, 0.15) is 18.4 Å². The number of benzene rings is 1. The van der Waals surface area contributed by atoms with Gasteiger partial charge in [-0.3, -0.25) is 4.90 Å². The summed E-state index contributed by atoms with van der Waals surface area (Å²) in [4.78, 5) is 2.58. The predicted molar refractivity (Wildman–Crippen MR) is 69.9 cm³/mol. The van der Waals surface area contributed by atoms with E-state index < -0.39 is 0 Å². The predicted octanol–water partition coefficient (Wildman–Crippen LogP) is 2.51. The van der Waals surface area contributed by atoms with Crippen LogP contribution >= 0.6 is 12.4 Å². The number of nitrogens with zero attached hydrogens (tertiary/aromatic N) is 1. The fraction of sp³-hybridized carbons (Fsp3) is 0.571. The second-order valence-electron chi connectivity index (χ2n) is 5.50. The van der Waals surface area contributed by atoms with E-state index in [0.717, 1.165) is 24.6 Å². The van der Waals surface area contributed by atoms with Crippen molar-refractivity contribution in [1.29, 1.82) is 0 Å². The maximum atomic E-state index is 6.33. The first kappa shape index (κ1) is 11.4. The van der Waals surface area contributed by atoms with Gasteiger partial charge in [0.2, 0.25) is 0 Å². The highest BCUT2D eigenvalue weighted by molar-refractivity contribution is 5.85. The molecular weight excluding hydrogens is 234 g/mol. The molecule has 1 atom stereocenters. The zero-order valence-electron chi connectivity index (χ0n) is 9.89. The molecule has 3 heteroatoms. The third-order valence-electron chi connectivity index (χ3n) is 4.60. The summed E-state index contributed by atoms with van der Waals surface area (Å²) in [5.74, 6) is 1.92. The lowest BCUT2D eigenvalue weighted by Crippen LogP contribution is -2.61. The molecule has 3 fully saturated rings. The van der Waals surface area contributed by atoms with E-state index in [2.05, 4.69) is 29.2 Å². The fourth-order valence-electron chi connectivity index (χ4n) is 3.77. The molecule has 1 spiro atoms. The second kappa shape index (κ2) is 3.89. The Hall–Kier alpha value is -0.730. The maximum Gasteiger partial charge on any atom is 0.129 e. The van der Waals surface area contributed by atoms with Crippen LogP contribution in [0.2, 0.25) is 0 Å².